The van der Waals surface area contributed by atoms with Crippen LogP contribution in [0.15, 0.2) is 48.7 Å². The molecule has 2 N–H and O–H groups in total. The first-order valence-corrected chi connectivity index (χ1v) is 15.1. The summed E-state index contributed by atoms with van der Waals surface area (Å²) in [5.41, 5.74) is -0.0320. The van der Waals surface area contributed by atoms with Gasteiger partial charge in [-0.3, -0.25) is 29.0 Å². The number of ether oxygens (including phenoxy) is 1. The van der Waals surface area contributed by atoms with Crippen LogP contribution in [0.1, 0.15) is 81.5 Å². The number of nitrogens with one attached hydrogen (secondary N) is 2. The van der Waals surface area contributed by atoms with E-state index in [2.05, 4.69) is 15.6 Å². The molecule has 236 valence electrons. The lowest BCUT2D eigenvalue weighted by Gasteiger charge is -2.33. The molecule has 11 nitrogen and oxygen atoms in total. The topological polar surface area (TPSA) is 138 Å². The second-order valence-corrected chi connectivity index (χ2v) is 12.7. The van der Waals surface area contributed by atoms with Crippen LogP contribution in [-0.2, 0) is 14.3 Å². The average molecular weight is 624 g/mol. The van der Waals surface area contributed by atoms with E-state index in [4.69, 9.17) is 17.0 Å². The van der Waals surface area contributed by atoms with Crippen molar-refractivity contribution < 1.29 is 28.7 Å². The van der Waals surface area contributed by atoms with E-state index in [1.165, 1.54) is 6.92 Å². The molecule has 2 heterocycles. The monoisotopic (exact) mass is 623 g/mol. The summed E-state index contributed by atoms with van der Waals surface area (Å²) < 4.78 is 5.71. The number of benzene rings is 1. The number of rotatable bonds is 12. The average Bonchev–Trinajstić information content (AvgIpc) is 3.19. The number of pyridine rings is 1. The van der Waals surface area contributed by atoms with E-state index in [9.17, 15) is 24.0 Å². The van der Waals surface area contributed by atoms with Crippen LogP contribution in [0.25, 0.3) is 0 Å². The molecule has 0 unspecified atom stereocenters. The summed E-state index contributed by atoms with van der Waals surface area (Å²) in [6, 6.07) is 9.93. The van der Waals surface area contributed by atoms with Crippen molar-refractivity contribution in [2.45, 2.75) is 73.0 Å². The smallest absolute Gasteiger partial charge is 0.324 e. The quantitative estimate of drug-likeness (QED) is 0.253. The van der Waals surface area contributed by atoms with Crippen LogP contribution in [0.2, 0.25) is 0 Å². The van der Waals surface area contributed by atoms with Gasteiger partial charge in [-0.1, -0.05) is 52.8 Å². The number of hydrogen-bond acceptors (Lipinski definition) is 8. The Hall–Kier alpha value is -4.19. The van der Waals surface area contributed by atoms with Crippen molar-refractivity contribution in [2.24, 2.45) is 11.3 Å². The Balaban J connectivity index is 1.77. The number of aromatic nitrogens is 1. The summed E-state index contributed by atoms with van der Waals surface area (Å²) in [7, 11) is 0. The van der Waals surface area contributed by atoms with Crippen LogP contribution in [0.4, 0.5) is 10.6 Å². The van der Waals surface area contributed by atoms with E-state index in [0.717, 1.165) is 9.80 Å². The van der Waals surface area contributed by atoms with Gasteiger partial charge in [0, 0.05) is 26.2 Å². The van der Waals surface area contributed by atoms with E-state index in [1.807, 2.05) is 13.8 Å². The number of hydrogen-bond donors (Lipinski definition) is 2. The molecule has 3 rings (SSSR count). The standard InChI is InChI=1S/C32H41N5O6S/c1-20(2)16-19-37(31(42)35-26(32(4,5)6)27(38)34-25-15-9-10-17-33-25)30(41)24(43-21(3)44)14-11-18-36-28(39)22-12-7-8-13-23(22)29(36)40/h7-10,12-13,15,17,20,24,26H,11,14,16,18-19H2,1-6H3,(H,35,42)(H,33,34,38)/t24-,26+/m0/s1. The van der Waals surface area contributed by atoms with E-state index < -0.39 is 47.2 Å². The number of carbonyl (C=O) groups excluding carboxylic acids is 5. The van der Waals surface area contributed by atoms with Gasteiger partial charge in [0.05, 0.1) is 11.1 Å². The number of amides is 6. The van der Waals surface area contributed by atoms with Crippen molar-refractivity contribution in [1.82, 2.24) is 20.1 Å². The lowest BCUT2D eigenvalue weighted by Crippen LogP contribution is -2.57. The van der Waals surface area contributed by atoms with Gasteiger partial charge in [-0.25, -0.2) is 9.78 Å². The fourth-order valence-electron chi connectivity index (χ4n) is 4.69. The fraction of sp³-hybridized carbons (Fsp3) is 0.469. The Labute approximate surface area is 263 Å². The third-order valence-electron chi connectivity index (χ3n) is 7.06. The van der Waals surface area contributed by atoms with Gasteiger partial charge in [-0.2, -0.15) is 0 Å². The fourth-order valence-corrected chi connectivity index (χ4v) is 4.81. The maximum atomic E-state index is 13.9. The largest absolute Gasteiger partial charge is 0.474 e. The van der Waals surface area contributed by atoms with Gasteiger partial charge < -0.3 is 15.4 Å². The Morgan fingerprint density at radius 2 is 1.61 bits per heavy atom. The van der Waals surface area contributed by atoms with Crippen molar-refractivity contribution in [3.8, 4) is 0 Å². The Bertz CT molecular complexity index is 1360. The Morgan fingerprint density at radius 1 is 1.00 bits per heavy atom. The van der Waals surface area contributed by atoms with Crippen LogP contribution >= 0.6 is 12.2 Å². The molecule has 1 aromatic heterocycles. The normalized spacial score (nSPS) is 14.1. The Kier molecular flexibility index (Phi) is 11.7. The molecule has 0 spiro atoms. The highest BCUT2D eigenvalue weighted by molar-refractivity contribution is 7.80. The Morgan fingerprint density at radius 3 is 2.14 bits per heavy atom. The molecular weight excluding hydrogens is 582 g/mol. The molecule has 2 aromatic rings. The summed E-state index contributed by atoms with van der Waals surface area (Å²) in [6.07, 6.45) is 1.24. The molecule has 0 saturated heterocycles. The van der Waals surface area contributed by atoms with Crippen LogP contribution in [0.3, 0.4) is 0 Å². The SMILES string of the molecule is CC(=S)O[C@@H](CCCN1C(=O)c2ccccc2C1=O)C(=O)N(CCC(C)C)C(=O)N[C@H](C(=O)Nc1ccccn1)C(C)(C)C. The maximum absolute atomic E-state index is 13.9. The minimum atomic E-state index is -1.14. The number of carbonyl (C=O) groups is 5. The summed E-state index contributed by atoms with van der Waals surface area (Å²) in [5.74, 6) is -1.40. The van der Waals surface area contributed by atoms with E-state index >= 15 is 0 Å². The van der Waals surface area contributed by atoms with E-state index in [-0.39, 0.29) is 36.9 Å². The summed E-state index contributed by atoms with van der Waals surface area (Å²) in [4.78, 5) is 72.7. The number of urea groups is 1. The number of thiocarbonyl (C=S) groups is 1. The number of nitrogens with zero attached hydrogens (tertiary/aromatic N) is 3. The summed E-state index contributed by atoms with van der Waals surface area (Å²) >= 11 is 5.14. The predicted molar refractivity (Wildman–Crippen MR) is 170 cm³/mol. The lowest BCUT2D eigenvalue weighted by molar-refractivity contribution is -0.137. The number of fused-ring (bicyclic) bond motifs is 1. The van der Waals surface area contributed by atoms with Gasteiger partial charge in [0.25, 0.3) is 17.7 Å². The third kappa shape index (κ3) is 8.91. The molecule has 1 aliphatic rings. The number of imide groups is 2. The molecular formula is C32H41N5O6S. The molecule has 0 radical (unpaired) electrons. The van der Waals surface area contributed by atoms with Crippen LogP contribution in [0, 0.1) is 11.3 Å². The van der Waals surface area contributed by atoms with Crippen molar-refractivity contribution in [3.63, 3.8) is 0 Å². The van der Waals surface area contributed by atoms with Crippen molar-refractivity contribution in [3.05, 3.63) is 59.8 Å². The molecule has 44 heavy (non-hydrogen) atoms. The summed E-state index contributed by atoms with van der Waals surface area (Å²) in [5, 5.41) is 5.58. The first-order valence-electron chi connectivity index (χ1n) is 14.7. The molecule has 0 fully saturated rings. The molecule has 1 aromatic carbocycles. The minimum Gasteiger partial charge on any atom is -0.474 e. The van der Waals surface area contributed by atoms with Crippen LogP contribution in [0.5, 0.6) is 0 Å². The molecule has 12 heteroatoms. The first kappa shape index (κ1) is 34.3. The lowest BCUT2D eigenvalue weighted by atomic mass is 9.86. The minimum absolute atomic E-state index is 0.0634. The zero-order valence-electron chi connectivity index (χ0n) is 26.1. The van der Waals surface area contributed by atoms with Gasteiger partial charge in [0.15, 0.2) is 11.2 Å². The summed E-state index contributed by atoms with van der Waals surface area (Å²) in [6.45, 7) is 11.0. The van der Waals surface area contributed by atoms with Gasteiger partial charge >= 0.3 is 6.03 Å². The molecule has 1 aliphatic heterocycles. The van der Waals surface area contributed by atoms with E-state index in [0.29, 0.717) is 23.4 Å². The van der Waals surface area contributed by atoms with Crippen molar-refractivity contribution in [1.29, 1.82) is 0 Å². The predicted octanol–water partition coefficient (Wildman–Crippen LogP) is 4.83. The molecule has 0 saturated carbocycles. The highest BCUT2D eigenvalue weighted by Crippen LogP contribution is 2.24. The van der Waals surface area contributed by atoms with Crippen LogP contribution < -0.4 is 10.6 Å². The number of anilines is 1. The van der Waals surface area contributed by atoms with Gasteiger partial charge in [-0.15, -0.1) is 0 Å². The molecule has 0 bridgehead atoms. The van der Waals surface area contributed by atoms with Crippen LogP contribution in [-0.4, -0.2) is 74.7 Å². The molecule has 6 amide bonds. The second kappa shape index (κ2) is 15.0. The highest BCUT2D eigenvalue weighted by Gasteiger charge is 2.38. The second-order valence-electron chi connectivity index (χ2n) is 12.2. The zero-order valence-corrected chi connectivity index (χ0v) is 26.9. The van der Waals surface area contributed by atoms with Crippen molar-refractivity contribution in [2.75, 3.05) is 18.4 Å². The first-order chi connectivity index (χ1) is 20.7. The van der Waals surface area contributed by atoms with Gasteiger partial charge in [-0.05, 0) is 67.1 Å². The maximum Gasteiger partial charge on any atom is 0.324 e. The molecule has 0 aliphatic carbocycles. The zero-order chi connectivity index (χ0) is 32.6. The van der Waals surface area contributed by atoms with Crippen molar-refractivity contribution >= 4 is 52.7 Å². The van der Waals surface area contributed by atoms with Gasteiger partial charge in [0.2, 0.25) is 5.91 Å². The highest BCUT2D eigenvalue weighted by atomic mass is 32.1. The third-order valence-corrected chi connectivity index (χ3v) is 7.16. The van der Waals surface area contributed by atoms with E-state index in [1.54, 1.807) is 69.4 Å². The van der Waals surface area contributed by atoms with Gasteiger partial charge in [0.1, 0.15) is 11.9 Å². The molecule has 2 atom stereocenters.